The summed E-state index contributed by atoms with van der Waals surface area (Å²) in [7, 11) is 0. The molecular weight excluding hydrogens is 314 g/mol. The fourth-order valence-electron chi connectivity index (χ4n) is 2.10. The Balaban J connectivity index is 1.97. The third-order valence-electron chi connectivity index (χ3n) is 3.23. The molecule has 2 heterocycles. The molecule has 0 spiro atoms. The lowest BCUT2D eigenvalue weighted by Gasteiger charge is -2.12. The Kier molecular flexibility index (Phi) is 5.95. The maximum atomic E-state index is 12.2. The summed E-state index contributed by atoms with van der Waals surface area (Å²) in [5.74, 6) is -0.221. The summed E-state index contributed by atoms with van der Waals surface area (Å²) >= 11 is 1.25. The van der Waals surface area contributed by atoms with E-state index in [1.807, 2.05) is 20.8 Å². The topological polar surface area (TPSA) is 83.4 Å². The van der Waals surface area contributed by atoms with Gasteiger partial charge < -0.3 is 20.4 Å². The van der Waals surface area contributed by atoms with Crippen molar-refractivity contribution >= 4 is 28.2 Å². The number of likely N-dealkylation sites (N-methyl/N-ethyl adjacent to an activating group) is 1. The van der Waals surface area contributed by atoms with Crippen molar-refractivity contribution in [2.75, 3.05) is 18.4 Å². The Morgan fingerprint density at radius 2 is 2.13 bits per heavy atom. The van der Waals surface area contributed by atoms with Crippen molar-refractivity contribution in [2.45, 2.75) is 26.8 Å². The predicted molar refractivity (Wildman–Crippen MR) is 91.2 cm³/mol. The minimum absolute atomic E-state index is 0.129. The van der Waals surface area contributed by atoms with Crippen LogP contribution in [0.2, 0.25) is 0 Å². The van der Waals surface area contributed by atoms with E-state index in [2.05, 4.69) is 16.0 Å². The molecule has 0 aliphatic heterocycles. The molecule has 6 nitrogen and oxygen atoms in total. The van der Waals surface area contributed by atoms with Crippen molar-refractivity contribution in [1.29, 1.82) is 0 Å². The molecule has 3 N–H and O–H groups in total. The lowest BCUT2D eigenvalue weighted by atomic mass is 10.2. The number of hydrogen-bond donors (Lipinski definition) is 3. The van der Waals surface area contributed by atoms with Gasteiger partial charge in [-0.05, 0) is 44.2 Å². The molecule has 1 atom stereocenters. The Hall–Kier alpha value is -2.12. The normalized spacial score (nSPS) is 12.0. The van der Waals surface area contributed by atoms with Crippen LogP contribution in [0.4, 0.5) is 5.00 Å². The Morgan fingerprint density at radius 3 is 2.78 bits per heavy atom. The van der Waals surface area contributed by atoms with Crippen molar-refractivity contribution in [1.82, 2.24) is 10.6 Å². The summed E-state index contributed by atoms with van der Waals surface area (Å²) in [6, 6.07) is 5.24. The number of carbonyl (C=O) groups excluding carboxylic acids is 2. The second-order valence-corrected chi connectivity index (χ2v) is 6.28. The van der Waals surface area contributed by atoms with Crippen molar-refractivity contribution < 1.29 is 14.0 Å². The average Bonchev–Trinajstić information content (AvgIpc) is 3.15. The van der Waals surface area contributed by atoms with Crippen molar-refractivity contribution in [3.63, 3.8) is 0 Å². The number of anilines is 1. The quantitative estimate of drug-likeness (QED) is 0.726. The van der Waals surface area contributed by atoms with Crippen LogP contribution in [0.15, 0.2) is 28.9 Å². The summed E-state index contributed by atoms with van der Waals surface area (Å²) in [5.41, 5.74) is 0.832. The monoisotopic (exact) mass is 335 g/mol. The first kappa shape index (κ1) is 17.2. The minimum atomic E-state index is -0.330. The molecule has 0 fully saturated rings. The van der Waals surface area contributed by atoms with Gasteiger partial charge in [0.25, 0.3) is 11.8 Å². The van der Waals surface area contributed by atoms with Crippen LogP contribution in [0.1, 0.15) is 39.6 Å². The molecule has 2 aromatic rings. The molecule has 2 amide bonds. The number of carbonyl (C=O) groups is 2. The SMILES string of the molecule is CCN[C@H](C)CNC(=O)c1sc(NC(=O)c2ccco2)cc1C. The van der Waals surface area contributed by atoms with Crippen molar-refractivity contribution in [3.8, 4) is 0 Å². The fraction of sp³-hybridized carbons (Fsp3) is 0.375. The Morgan fingerprint density at radius 1 is 1.35 bits per heavy atom. The summed E-state index contributed by atoms with van der Waals surface area (Å²) in [4.78, 5) is 24.8. The standard InChI is InChI=1S/C16H21N3O3S/c1-4-17-11(3)9-18-16(21)14-10(2)8-13(23-14)19-15(20)12-6-5-7-22-12/h5-8,11,17H,4,9H2,1-3H3,(H,18,21)(H,19,20)/t11-/m1/s1. The van der Waals surface area contributed by atoms with E-state index < -0.39 is 0 Å². The van der Waals surface area contributed by atoms with Crippen LogP contribution in [0.3, 0.4) is 0 Å². The van der Waals surface area contributed by atoms with Gasteiger partial charge in [-0.15, -0.1) is 11.3 Å². The summed E-state index contributed by atoms with van der Waals surface area (Å²) < 4.78 is 5.05. The molecule has 23 heavy (non-hydrogen) atoms. The van der Waals surface area contributed by atoms with E-state index in [1.165, 1.54) is 17.6 Å². The third-order valence-corrected chi connectivity index (χ3v) is 4.38. The molecular formula is C16H21N3O3S. The molecule has 0 aromatic carbocycles. The van der Waals surface area contributed by atoms with Crippen LogP contribution in [0.25, 0.3) is 0 Å². The van der Waals surface area contributed by atoms with Crippen LogP contribution in [-0.2, 0) is 0 Å². The van der Waals surface area contributed by atoms with Crippen LogP contribution in [-0.4, -0.2) is 30.9 Å². The summed E-state index contributed by atoms with van der Waals surface area (Å²) in [6.45, 7) is 7.30. The van der Waals surface area contributed by atoms with Gasteiger partial charge in [0.15, 0.2) is 5.76 Å². The van der Waals surface area contributed by atoms with Gasteiger partial charge in [0.2, 0.25) is 0 Å². The molecule has 0 saturated heterocycles. The molecule has 2 rings (SSSR count). The third kappa shape index (κ3) is 4.67. The van der Waals surface area contributed by atoms with Gasteiger partial charge in [-0.3, -0.25) is 9.59 Å². The summed E-state index contributed by atoms with van der Waals surface area (Å²) in [5, 5.41) is 9.49. The molecule has 0 bridgehead atoms. The predicted octanol–water partition coefficient (Wildman–Crippen LogP) is 2.63. The van der Waals surface area contributed by atoms with E-state index in [-0.39, 0.29) is 23.6 Å². The van der Waals surface area contributed by atoms with Gasteiger partial charge in [0, 0.05) is 12.6 Å². The van der Waals surface area contributed by atoms with Crippen molar-refractivity contribution in [2.24, 2.45) is 0 Å². The Bertz CT molecular complexity index is 664. The summed E-state index contributed by atoms with van der Waals surface area (Å²) in [6.07, 6.45) is 1.44. The zero-order valence-electron chi connectivity index (χ0n) is 13.4. The second-order valence-electron chi connectivity index (χ2n) is 5.22. The first-order valence-corrected chi connectivity index (χ1v) is 8.29. The second kappa shape index (κ2) is 7.94. The Labute approximate surface area is 139 Å². The molecule has 0 aliphatic rings. The first-order valence-electron chi connectivity index (χ1n) is 7.48. The van der Waals surface area contributed by atoms with E-state index in [0.717, 1.165) is 12.1 Å². The highest BCUT2D eigenvalue weighted by molar-refractivity contribution is 7.18. The largest absolute Gasteiger partial charge is 0.459 e. The molecule has 2 aromatic heterocycles. The van der Waals surface area contributed by atoms with Crippen LogP contribution in [0.5, 0.6) is 0 Å². The molecule has 0 unspecified atom stereocenters. The maximum Gasteiger partial charge on any atom is 0.291 e. The van der Waals surface area contributed by atoms with E-state index >= 15 is 0 Å². The molecule has 7 heteroatoms. The fourth-order valence-corrected chi connectivity index (χ4v) is 3.08. The molecule has 0 aliphatic carbocycles. The molecule has 0 saturated carbocycles. The lowest BCUT2D eigenvalue weighted by Crippen LogP contribution is -2.38. The van der Waals surface area contributed by atoms with Gasteiger partial charge in [0.05, 0.1) is 16.1 Å². The van der Waals surface area contributed by atoms with Crippen LogP contribution >= 0.6 is 11.3 Å². The number of hydrogen-bond acceptors (Lipinski definition) is 5. The van der Waals surface area contributed by atoms with Gasteiger partial charge in [-0.1, -0.05) is 6.92 Å². The van der Waals surface area contributed by atoms with E-state index in [1.54, 1.807) is 18.2 Å². The number of nitrogens with one attached hydrogen (secondary N) is 3. The zero-order chi connectivity index (χ0) is 16.8. The number of thiophene rings is 1. The highest BCUT2D eigenvalue weighted by Gasteiger charge is 2.16. The van der Waals surface area contributed by atoms with Gasteiger partial charge in [-0.25, -0.2) is 0 Å². The van der Waals surface area contributed by atoms with Gasteiger partial charge in [-0.2, -0.15) is 0 Å². The molecule has 124 valence electrons. The average molecular weight is 335 g/mol. The van der Waals surface area contributed by atoms with Gasteiger partial charge in [0.1, 0.15) is 0 Å². The number of amides is 2. The highest BCUT2D eigenvalue weighted by Crippen LogP contribution is 2.27. The maximum absolute atomic E-state index is 12.2. The first-order chi connectivity index (χ1) is 11.0. The number of rotatable bonds is 7. The van der Waals surface area contributed by atoms with Crippen LogP contribution in [0, 0.1) is 6.92 Å². The van der Waals surface area contributed by atoms with Gasteiger partial charge >= 0.3 is 0 Å². The number of aryl methyl sites for hydroxylation is 1. The zero-order valence-corrected chi connectivity index (χ0v) is 14.3. The minimum Gasteiger partial charge on any atom is -0.459 e. The van der Waals surface area contributed by atoms with E-state index in [4.69, 9.17) is 4.42 Å². The van der Waals surface area contributed by atoms with Crippen molar-refractivity contribution in [3.05, 3.63) is 40.7 Å². The smallest absolute Gasteiger partial charge is 0.291 e. The lowest BCUT2D eigenvalue weighted by molar-refractivity contribution is 0.0952. The van der Waals surface area contributed by atoms with E-state index in [9.17, 15) is 9.59 Å². The molecule has 0 radical (unpaired) electrons. The highest BCUT2D eigenvalue weighted by atomic mass is 32.1. The van der Waals surface area contributed by atoms with E-state index in [0.29, 0.717) is 16.4 Å². The van der Waals surface area contributed by atoms with Crippen LogP contribution < -0.4 is 16.0 Å². The number of furan rings is 1.